The van der Waals surface area contributed by atoms with Crippen LogP contribution < -0.4 is 9.80 Å². The van der Waals surface area contributed by atoms with Gasteiger partial charge in [0.1, 0.15) is 32.7 Å². The van der Waals surface area contributed by atoms with E-state index in [1.54, 1.807) is 9.80 Å². The lowest BCUT2D eigenvalue weighted by Crippen LogP contribution is -3.27. The van der Waals surface area contributed by atoms with E-state index in [0.717, 1.165) is 0 Å². The Bertz CT molecular complexity index is 559. The predicted octanol–water partition coefficient (Wildman–Crippen LogP) is 1.16. The van der Waals surface area contributed by atoms with Crippen molar-refractivity contribution in [1.29, 1.82) is 0 Å². The fraction of sp³-hybridized carbons (Fsp3) is 0.429. The highest BCUT2D eigenvalue weighted by Gasteiger charge is 2.23. The second-order valence-electron chi connectivity index (χ2n) is 7.01. The minimum absolute atomic E-state index is 0.679. The summed E-state index contributed by atoms with van der Waals surface area (Å²) in [6.07, 6.45) is 1.30. The number of quaternary nitrogens is 2. The molecule has 23 heavy (non-hydrogen) atoms. The van der Waals surface area contributed by atoms with E-state index in [1.807, 2.05) is 0 Å². The molecular weight excluding hydrogens is 280 g/mol. The van der Waals surface area contributed by atoms with Crippen LogP contribution in [-0.4, -0.2) is 32.7 Å². The fourth-order valence-electron chi connectivity index (χ4n) is 3.64. The van der Waals surface area contributed by atoms with Crippen LogP contribution in [0.15, 0.2) is 60.7 Å². The van der Waals surface area contributed by atoms with E-state index < -0.39 is 0 Å². The zero-order chi connectivity index (χ0) is 15.9. The molecule has 0 aromatic heterocycles. The molecule has 1 fully saturated rings. The summed E-state index contributed by atoms with van der Waals surface area (Å²) in [5.41, 5.74) is 2.96. The lowest BCUT2D eigenvalue weighted by Gasteiger charge is -2.30. The molecule has 2 aromatic rings. The molecule has 0 saturated carbocycles. The summed E-state index contributed by atoms with van der Waals surface area (Å²) in [6, 6.07) is 21.9. The number of benzene rings is 2. The van der Waals surface area contributed by atoms with Crippen LogP contribution >= 0.6 is 0 Å². The minimum Gasteiger partial charge on any atom is -0.326 e. The van der Waals surface area contributed by atoms with Crippen molar-refractivity contribution in [2.75, 3.05) is 32.7 Å². The highest BCUT2D eigenvalue weighted by atomic mass is 15.3. The summed E-state index contributed by atoms with van der Waals surface area (Å²) in [5.74, 6) is 0.679. The number of nitrogens with one attached hydrogen (secondary N) is 2. The minimum atomic E-state index is 0.679. The van der Waals surface area contributed by atoms with Crippen LogP contribution in [0.25, 0.3) is 0 Å². The maximum absolute atomic E-state index is 2.37. The second kappa shape index (κ2) is 8.28. The summed E-state index contributed by atoms with van der Waals surface area (Å²) in [7, 11) is 0. The van der Waals surface area contributed by atoms with Crippen LogP contribution in [0.2, 0.25) is 0 Å². The Morgan fingerprint density at radius 1 is 0.783 bits per heavy atom. The average molecular weight is 310 g/mol. The molecule has 2 heteroatoms. The Kier molecular flexibility index (Phi) is 5.84. The van der Waals surface area contributed by atoms with Gasteiger partial charge in [-0.2, -0.15) is 0 Å². The third kappa shape index (κ3) is 4.92. The summed E-state index contributed by atoms with van der Waals surface area (Å²) in [6.45, 7) is 10.1. The number of hydrogen-bond acceptors (Lipinski definition) is 0. The zero-order valence-corrected chi connectivity index (χ0v) is 14.3. The van der Waals surface area contributed by atoms with E-state index in [-0.39, 0.29) is 0 Å². The van der Waals surface area contributed by atoms with Gasteiger partial charge in [0.25, 0.3) is 0 Å². The first-order valence-electron chi connectivity index (χ1n) is 9.07. The molecule has 2 nitrogen and oxygen atoms in total. The normalized spacial score (nSPS) is 22.7. The molecule has 1 aliphatic rings. The summed E-state index contributed by atoms with van der Waals surface area (Å²) < 4.78 is 0. The Hall–Kier alpha value is -1.64. The SMILES string of the molecule is C[C@@H](CC[NH+]1CC[NH+](Cc2ccccc2)CC1)c1ccccc1. The molecule has 3 rings (SSSR count). The Morgan fingerprint density at radius 2 is 1.35 bits per heavy atom. The maximum Gasteiger partial charge on any atom is 0.127 e. The molecule has 0 bridgehead atoms. The molecule has 122 valence electrons. The Balaban J connectivity index is 1.39. The van der Waals surface area contributed by atoms with E-state index >= 15 is 0 Å². The third-order valence-corrected chi connectivity index (χ3v) is 5.26. The van der Waals surface area contributed by atoms with Gasteiger partial charge in [-0.25, -0.2) is 0 Å². The van der Waals surface area contributed by atoms with E-state index in [1.165, 1.54) is 56.8 Å². The monoisotopic (exact) mass is 310 g/mol. The highest BCUT2D eigenvalue weighted by Crippen LogP contribution is 2.16. The largest absolute Gasteiger partial charge is 0.326 e. The van der Waals surface area contributed by atoms with Gasteiger partial charge >= 0.3 is 0 Å². The van der Waals surface area contributed by atoms with Gasteiger partial charge in [-0.3, -0.25) is 0 Å². The van der Waals surface area contributed by atoms with Crippen LogP contribution in [0.4, 0.5) is 0 Å². The van der Waals surface area contributed by atoms with Gasteiger partial charge in [0.15, 0.2) is 0 Å². The molecule has 0 aliphatic carbocycles. The van der Waals surface area contributed by atoms with Crippen molar-refractivity contribution in [3.63, 3.8) is 0 Å². The molecule has 1 atom stereocenters. The first-order valence-corrected chi connectivity index (χ1v) is 9.07. The van der Waals surface area contributed by atoms with Crippen molar-refractivity contribution in [2.24, 2.45) is 0 Å². The second-order valence-corrected chi connectivity index (χ2v) is 7.01. The summed E-state index contributed by atoms with van der Waals surface area (Å²) >= 11 is 0. The lowest BCUT2D eigenvalue weighted by atomic mass is 9.97. The van der Waals surface area contributed by atoms with Crippen molar-refractivity contribution in [1.82, 2.24) is 0 Å². The van der Waals surface area contributed by atoms with Crippen LogP contribution in [0.1, 0.15) is 30.4 Å². The quantitative estimate of drug-likeness (QED) is 0.792. The number of rotatable bonds is 6. The van der Waals surface area contributed by atoms with Crippen LogP contribution in [-0.2, 0) is 6.54 Å². The fourth-order valence-corrected chi connectivity index (χ4v) is 3.64. The van der Waals surface area contributed by atoms with E-state index in [0.29, 0.717) is 5.92 Å². The molecule has 1 saturated heterocycles. The van der Waals surface area contributed by atoms with Gasteiger partial charge in [-0.1, -0.05) is 67.6 Å². The van der Waals surface area contributed by atoms with E-state index in [4.69, 9.17) is 0 Å². The van der Waals surface area contributed by atoms with Gasteiger partial charge in [-0.05, 0) is 11.5 Å². The number of piperazine rings is 1. The smallest absolute Gasteiger partial charge is 0.127 e. The molecule has 0 amide bonds. The maximum atomic E-state index is 2.37. The van der Waals surface area contributed by atoms with Crippen LogP contribution in [0.3, 0.4) is 0 Å². The van der Waals surface area contributed by atoms with Gasteiger partial charge in [0, 0.05) is 12.0 Å². The first-order chi connectivity index (χ1) is 11.3. The summed E-state index contributed by atoms with van der Waals surface area (Å²) in [4.78, 5) is 3.54. The van der Waals surface area contributed by atoms with Gasteiger partial charge in [0.2, 0.25) is 0 Å². The van der Waals surface area contributed by atoms with Gasteiger partial charge in [-0.15, -0.1) is 0 Å². The third-order valence-electron chi connectivity index (χ3n) is 5.26. The van der Waals surface area contributed by atoms with Gasteiger partial charge < -0.3 is 9.80 Å². The first kappa shape index (κ1) is 16.2. The van der Waals surface area contributed by atoms with Crippen molar-refractivity contribution >= 4 is 0 Å². The van der Waals surface area contributed by atoms with E-state index in [9.17, 15) is 0 Å². The summed E-state index contributed by atoms with van der Waals surface area (Å²) in [5, 5.41) is 0. The van der Waals surface area contributed by atoms with Crippen molar-refractivity contribution in [2.45, 2.75) is 25.8 Å². The number of hydrogen-bond donors (Lipinski definition) is 2. The highest BCUT2D eigenvalue weighted by molar-refractivity contribution is 5.18. The molecule has 0 radical (unpaired) electrons. The molecule has 2 aromatic carbocycles. The average Bonchev–Trinajstić information content (AvgIpc) is 2.62. The predicted molar refractivity (Wildman–Crippen MR) is 95.9 cm³/mol. The Morgan fingerprint density at radius 3 is 2.00 bits per heavy atom. The standard InChI is InChI=1S/C21H28N2/c1-19(21-10-6-3-7-11-21)12-13-22-14-16-23(17-15-22)18-20-8-4-2-5-9-20/h2-11,19H,12-18H2,1H3/p+2/t19-/m0/s1. The molecule has 0 unspecified atom stereocenters. The van der Waals surface area contributed by atoms with Crippen LogP contribution in [0, 0.1) is 0 Å². The Labute approximate surface area is 140 Å². The topological polar surface area (TPSA) is 8.88 Å². The molecule has 1 heterocycles. The van der Waals surface area contributed by atoms with Crippen molar-refractivity contribution in [3.05, 3.63) is 71.8 Å². The molecule has 1 aliphatic heterocycles. The lowest BCUT2D eigenvalue weighted by molar-refractivity contribution is -1.02. The molecule has 2 N–H and O–H groups in total. The molecule has 0 spiro atoms. The van der Waals surface area contributed by atoms with E-state index in [2.05, 4.69) is 67.6 Å². The van der Waals surface area contributed by atoms with Crippen molar-refractivity contribution < 1.29 is 9.80 Å². The van der Waals surface area contributed by atoms with Crippen molar-refractivity contribution in [3.8, 4) is 0 Å². The van der Waals surface area contributed by atoms with Crippen LogP contribution in [0.5, 0.6) is 0 Å². The molecular formula is C21H30N2+2. The zero-order valence-electron chi connectivity index (χ0n) is 14.3. The van der Waals surface area contributed by atoms with Gasteiger partial charge in [0.05, 0.1) is 6.54 Å².